The Morgan fingerprint density at radius 2 is 1.66 bits per heavy atom. The van der Waals surface area contributed by atoms with Crippen molar-refractivity contribution >= 4 is 23.2 Å². The van der Waals surface area contributed by atoms with Crippen molar-refractivity contribution in [1.82, 2.24) is 0 Å². The minimum atomic E-state index is -0.244. The molecule has 0 saturated heterocycles. The van der Waals surface area contributed by atoms with Crippen LogP contribution in [0.2, 0.25) is 5.02 Å². The molecule has 0 unspecified atom stereocenters. The van der Waals surface area contributed by atoms with Crippen molar-refractivity contribution in [3.05, 3.63) is 82.4 Å². The van der Waals surface area contributed by atoms with Gasteiger partial charge in [0.05, 0.1) is 14.2 Å². The monoisotopic (exact) mass is 411 g/mol. The zero-order valence-electron chi connectivity index (χ0n) is 16.5. The molecule has 150 valence electrons. The van der Waals surface area contributed by atoms with E-state index in [0.717, 1.165) is 11.1 Å². The third-order valence-electron chi connectivity index (χ3n) is 4.42. The SMILES string of the molecule is COc1ccc(C(=O)Nc2ccc(C)c(Cl)c2)cc1COc1ccccc1OC. The van der Waals surface area contributed by atoms with Gasteiger partial charge in [-0.1, -0.05) is 29.8 Å². The Morgan fingerprint density at radius 1 is 0.931 bits per heavy atom. The maximum Gasteiger partial charge on any atom is 0.255 e. The number of benzene rings is 3. The summed E-state index contributed by atoms with van der Waals surface area (Å²) in [6.45, 7) is 2.13. The number of hydrogen-bond donors (Lipinski definition) is 1. The van der Waals surface area contributed by atoms with Gasteiger partial charge in [-0.05, 0) is 55.0 Å². The predicted molar refractivity (Wildman–Crippen MR) is 114 cm³/mol. The molecule has 6 heteroatoms. The molecule has 3 aromatic rings. The number of amides is 1. The molecule has 0 aromatic heterocycles. The lowest BCUT2D eigenvalue weighted by atomic mass is 10.1. The fraction of sp³-hybridized carbons (Fsp3) is 0.174. The first kappa shape index (κ1) is 20.6. The predicted octanol–water partition coefficient (Wildman–Crippen LogP) is 5.50. The molecule has 3 aromatic carbocycles. The van der Waals surface area contributed by atoms with Gasteiger partial charge in [-0.3, -0.25) is 4.79 Å². The number of aryl methyl sites for hydroxylation is 1. The summed E-state index contributed by atoms with van der Waals surface area (Å²) in [6, 6.07) is 18.0. The zero-order chi connectivity index (χ0) is 20.8. The molecule has 0 fully saturated rings. The highest BCUT2D eigenvalue weighted by Gasteiger charge is 2.13. The first-order valence-electron chi connectivity index (χ1n) is 9.02. The maximum atomic E-state index is 12.7. The Kier molecular flexibility index (Phi) is 6.62. The van der Waals surface area contributed by atoms with E-state index in [1.54, 1.807) is 38.5 Å². The van der Waals surface area contributed by atoms with Gasteiger partial charge < -0.3 is 19.5 Å². The van der Waals surface area contributed by atoms with E-state index in [0.29, 0.717) is 33.5 Å². The number of carbonyl (C=O) groups is 1. The molecule has 3 rings (SSSR count). The first-order chi connectivity index (χ1) is 14.0. The summed E-state index contributed by atoms with van der Waals surface area (Å²) < 4.78 is 16.6. The van der Waals surface area contributed by atoms with Gasteiger partial charge in [0.25, 0.3) is 5.91 Å². The van der Waals surface area contributed by atoms with E-state index >= 15 is 0 Å². The molecule has 0 aliphatic heterocycles. The Labute approximate surface area is 175 Å². The largest absolute Gasteiger partial charge is 0.496 e. The Bertz CT molecular complexity index is 1020. The second-order valence-corrected chi connectivity index (χ2v) is 6.79. The number of hydrogen-bond acceptors (Lipinski definition) is 4. The molecule has 0 atom stereocenters. The Morgan fingerprint density at radius 3 is 2.34 bits per heavy atom. The first-order valence-corrected chi connectivity index (χ1v) is 9.40. The second-order valence-electron chi connectivity index (χ2n) is 6.38. The van der Waals surface area contributed by atoms with Crippen LogP contribution in [-0.4, -0.2) is 20.1 Å². The van der Waals surface area contributed by atoms with Gasteiger partial charge in [0.2, 0.25) is 0 Å². The van der Waals surface area contributed by atoms with Crippen molar-refractivity contribution in [3.63, 3.8) is 0 Å². The van der Waals surface area contributed by atoms with E-state index in [9.17, 15) is 4.79 Å². The van der Waals surface area contributed by atoms with Gasteiger partial charge >= 0.3 is 0 Å². The normalized spacial score (nSPS) is 10.3. The van der Waals surface area contributed by atoms with Crippen molar-refractivity contribution in [3.8, 4) is 17.2 Å². The lowest BCUT2D eigenvalue weighted by molar-refractivity contribution is 0.102. The van der Waals surface area contributed by atoms with Crippen molar-refractivity contribution in [1.29, 1.82) is 0 Å². The molecule has 0 bridgehead atoms. The lowest BCUT2D eigenvalue weighted by Gasteiger charge is -2.14. The summed E-state index contributed by atoms with van der Waals surface area (Å²) in [4.78, 5) is 12.7. The smallest absolute Gasteiger partial charge is 0.255 e. The van der Waals surface area contributed by atoms with Gasteiger partial charge in [-0.2, -0.15) is 0 Å². The highest BCUT2D eigenvalue weighted by atomic mass is 35.5. The molecule has 29 heavy (non-hydrogen) atoms. The zero-order valence-corrected chi connectivity index (χ0v) is 17.2. The maximum absolute atomic E-state index is 12.7. The minimum absolute atomic E-state index is 0.223. The summed E-state index contributed by atoms with van der Waals surface area (Å²) >= 11 is 6.14. The van der Waals surface area contributed by atoms with Crippen LogP contribution in [0.3, 0.4) is 0 Å². The average molecular weight is 412 g/mol. The molecule has 0 aliphatic rings. The number of ether oxygens (including phenoxy) is 3. The van der Waals surface area contributed by atoms with Gasteiger partial charge in [0.1, 0.15) is 12.4 Å². The van der Waals surface area contributed by atoms with Crippen LogP contribution < -0.4 is 19.5 Å². The molecule has 0 spiro atoms. The molecule has 1 N–H and O–H groups in total. The van der Waals surface area contributed by atoms with Crippen LogP contribution >= 0.6 is 11.6 Å². The van der Waals surface area contributed by atoms with E-state index in [-0.39, 0.29) is 12.5 Å². The minimum Gasteiger partial charge on any atom is -0.496 e. The number of rotatable bonds is 7. The van der Waals surface area contributed by atoms with Crippen molar-refractivity contribution in [2.45, 2.75) is 13.5 Å². The van der Waals surface area contributed by atoms with E-state index in [2.05, 4.69) is 5.32 Å². The van der Waals surface area contributed by atoms with Gasteiger partial charge in [-0.15, -0.1) is 0 Å². The van der Waals surface area contributed by atoms with Crippen molar-refractivity contribution in [2.75, 3.05) is 19.5 Å². The summed E-state index contributed by atoms with van der Waals surface area (Å²) in [5.74, 6) is 1.64. The summed E-state index contributed by atoms with van der Waals surface area (Å²) in [6.07, 6.45) is 0. The second kappa shape index (κ2) is 9.34. The number of carbonyl (C=O) groups excluding carboxylic acids is 1. The summed E-state index contributed by atoms with van der Waals surface area (Å²) in [5.41, 5.74) is 2.81. The molecule has 0 saturated carbocycles. The fourth-order valence-electron chi connectivity index (χ4n) is 2.80. The van der Waals surface area contributed by atoms with Gasteiger partial charge in [0, 0.05) is 21.8 Å². The third-order valence-corrected chi connectivity index (χ3v) is 4.83. The summed E-state index contributed by atoms with van der Waals surface area (Å²) in [7, 11) is 3.17. The van der Waals surface area contributed by atoms with Gasteiger partial charge in [0.15, 0.2) is 11.5 Å². The molecular formula is C23H22ClNO4. The lowest BCUT2D eigenvalue weighted by Crippen LogP contribution is -2.13. The number of methoxy groups -OCH3 is 2. The quantitative estimate of drug-likeness (QED) is 0.558. The van der Waals surface area contributed by atoms with Crippen LogP contribution in [0, 0.1) is 6.92 Å². The third kappa shape index (κ3) is 5.00. The van der Waals surface area contributed by atoms with Crippen LogP contribution in [0.1, 0.15) is 21.5 Å². The summed E-state index contributed by atoms with van der Waals surface area (Å²) in [5, 5.41) is 3.46. The standard InChI is InChI=1S/C23H22ClNO4/c1-15-8-10-18(13-19(15)24)25-23(26)16-9-11-20(27-2)17(12-16)14-29-22-7-5-4-6-21(22)28-3/h4-13H,14H2,1-3H3,(H,25,26). The number of nitrogens with one attached hydrogen (secondary N) is 1. The van der Waals surface area contributed by atoms with E-state index in [1.807, 2.05) is 43.3 Å². The van der Waals surface area contributed by atoms with Crippen LogP contribution in [-0.2, 0) is 6.61 Å². The Balaban J connectivity index is 1.78. The van der Waals surface area contributed by atoms with Gasteiger partial charge in [-0.25, -0.2) is 0 Å². The molecule has 0 aliphatic carbocycles. The molecule has 5 nitrogen and oxygen atoms in total. The number of halogens is 1. The number of para-hydroxylation sites is 2. The van der Waals surface area contributed by atoms with Crippen LogP contribution in [0.25, 0.3) is 0 Å². The molecule has 0 radical (unpaired) electrons. The van der Waals surface area contributed by atoms with Crippen molar-refractivity contribution in [2.24, 2.45) is 0 Å². The number of anilines is 1. The molecule has 1 amide bonds. The van der Waals surface area contributed by atoms with Crippen LogP contribution in [0.15, 0.2) is 60.7 Å². The fourth-order valence-corrected chi connectivity index (χ4v) is 2.98. The van der Waals surface area contributed by atoms with E-state index in [1.165, 1.54) is 0 Å². The van der Waals surface area contributed by atoms with Crippen LogP contribution in [0.4, 0.5) is 5.69 Å². The van der Waals surface area contributed by atoms with E-state index < -0.39 is 0 Å². The highest BCUT2D eigenvalue weighted by molar-refractivity contribution is 6.31. The topological polar surface area (TPSA) is 56.8 Å². The van der Waals surface area contributed by atoms with Crippen molar-refractivity contribution < 1.29 is 19.0 Å². The highest BCUT2D eigenvalue weighted by Crippen LogP contribution is 2.29. The molecular weight excluding hydrogens is 390 g/mol. The van der Waals surface area contributed by atoms with Crippen LogP contribution in [0.5, 0.6) is 17.2 Å². The average Bonchev–Trinajstić information content (AvgIpc) is 2.74. The Hall–Kier alpha value is -3.18. The van der Waals surface area contributed by atoms with E-state index in [4.69, 9.17) is 25.8 Å². The molecule has 0 heterocycles.